The van der Waals surface area contributed by atoms with Crippen LogP contribution in [0.15, 0.2) is 58.3 Å². The van der Waals surface area contributed by atoms with Crippen molar-refractivity contribution in [2.24, 2.45) is 0 Å². The summed E-state index contributed by atoms with van der Waals surface area (Å²) in [6.07, 6.45) is 0. The summed E-state index contributed by atoms with van der Waals surface area (Å²) in [5.41, 5.74) is 0.787. The molecule has 0 spiro atoms. The van der Waals surface area contributed by atoms with Crippen molar-refractivity contribution in [2.75, 3.05) is 44.9 Å². The topological polar surface area (TPSA) is 98.8 Å². The van der Waals surface area contributed by atoms with Gasteiger partial charge in [-0.15, -0.1) is 0 Å². The molecular formula is C23H33N4O4S2+. The lowest BCUT2D eigenvalue weighted by Gasteiger charge is -2.16. The minimum atomic E-state index is -3.66. The van der Waals surface area contributed by atoms with Gasteiger partial charge < -0.3 is 10.6 Å². The molecule has 180 valence electrons. The summed E-state index contributed by atoms with van der Waals surface area (Å²) in [6.45, 7) is 6.00. The highest BCUT2D eigenvalue weighted by Gasteiger charge is 2.19. The molecule has 0 aliphatic carbocycles. The molecule has 0 aromatic heterocycles. The lowest BCUT2D eigenvalue weighted by Crippen LogP contribution is -2.33. The number of hydrogen-bond donors (Lipinski definition) is 2. The Morgan fingerprint density at radius 3 is 2.24 bits per heavy atom. The second-order valence-corrected chi connectivity index (χ2v) is 11.6. The Labute approximate surface area is 199 Å². The zero-order chi connectivity index (χ0) is 24.6. The number of nitrogens with one attached hydrogen (secondary N) is 2. The summed E-state index contributed by atoms with van der Waals surface area (Å²) in [6, 6.07) is 13.3. The fourth-order valence-electron chi connectivity index (χ4n) is 2.98. The molecule has 0 heterocycles. The molecule has 33 heavy (non-hydrogen) atoms. The van der Waals surface area contributed by atoms with E-state index in [1.165, 1.54) is 38.4 Å². The van der Waals surface area contributed by atoms with Crippen molar-refractivity contribution in [3.8, 4) is 0 Å². The lowest BCUT2D eigenvalue weighted by molar-refractivity contribution is -0.115. The van der Waals surface area contributed by atoms with Gasteiger partial charge in [-0.25, -0.2) is 12.7 Å². The largest absolute Gasteiger partial charge is 0.343 e. The van der Waals surface area contributed by atoms with Gasteiger partial charge in [-0.05, 0) is 55.6 Å². The summed E-state index contributed by atoms with van der Waals surface area (Å²) in [5, 5.41) is 5.27. The fourth-order valence-corrected chi connectivity index (χ4v) is 5.54. The Kier molecular flexibility index (Phi) is 9.78. The predicted octanol–water partition coefficient (Wildman–Crippen LogP) is 1.75. The Hall–Kier alpha value is -2.53. The number of amides is 2. The van der Waals surface area contributed by atoms with E-state index in [9.17, 15) is 18.0 Å². The molecule has 0 saturated heterocycles. The van der Waals surface area contributed by atoms with Gasteiger partial charge in [-0.1, -0.05) is 30.4 Å². The highest BCUT2D eigenvalue weighted by Crippen LogP contribution is 2.15. The number of hydrogen-bond acceptors (Lipinski definition) is 5. The fraction of sp³-hybridized carbons (Fsp3) is 0.348. The molecule has 0 fully saturated rings. The molecule has 2 N–H and O–H groups in total. The number of nitrogens with zero attached hydrogens (tertiary/aromatic N) is 2. The van der Waals surface area contributed by atoms with Gasteiger partial charge in [0, 0.05) is 31.2 Å². The third-order valence-electron chi connectivity index (χ3n) is 5.07. The van der Waals surface area contributed by atoms with Gasteiger partial charge in [0.05, 0.1) is 11.4 Å². The molecule has 1 unspecified atom stereocenters. The average molecular weight is 494 g/mol. The first-order chi connectivity index (χ1) is 15.6. The van der Waals surface area contributed by atoms with Crippen molar-refractivity contribution in [3.05, 3.63) is 54.1 Å². The Balaban J connectivity index is 1.93. The first-order valence-electron chi connectivity index (χ1n) is 10.6. The van der Waals surface area contributed by atoms with Gasteiger partial charge in [0.25, 0.3) is 5.91 Å². The molecule has 0 radical (unpaired) electrons. The minimum absolute atomic E-state index is 0.0102. The van der Waals surface area contributed by atoms with Crippen molar-refractivity contribution in [1.29, 1.82) is 0 Å². The predicted molar refractivity (Wildman–Crippen MR) is 137 cm³/mol. The number of thiol groups is 1. The van der Waals surface area contributed by atoms with Crippen molar-refractivity contribution in [3.63, 3.8) is 0 Å². The number of anilines is 1. The Morgan fingerprint density at radius 2 is 1.67 bits per heavy atom. The Bertz CT molecular complexity index is 1100. The van der Waals surface area contributed by atoms with Crippen LogP contribution in [0.3, 0.4) is 0 Å². The highest BCUT2D eigenvalue weighted by atomic mass is 32.2. The van der Waals surface area contributed by atoms with Gasteiger partial charge in [-0.3, -0.25) is 14.5 Å². The second-order valence-electron chi connectivity index (χ2n) is 7.58. The molecule has 2 aromatic rings. The molecule has 8 nitrogen and oxygen atoms in total. The number of sulfonamides is 1. The summed E-state index contributed by atoms with van der Waals surface area (Å²) >= 11 is 0. The zero-order valence-corrected chi connectivity index (χ0v) is 21.2. The number of carbonyl (C=O) groups is 2. The van der Waals surface area contributed by atoms with Crippen LogP contribution in [0.25, 0.3) is 0 Å². The first kappa shape index (κ1) is 26.7. The van der Waals surface area contributed by atoms with E-state index in [1.807, 2.05) is 24.3 Å². The molecule has 0 aliphatic rings. The van der Waals surface area contributed by atoms with Crippen molar-refractivity contribution in [2.45, 2.75) is 23.6 Å². The van der Waals surface area contributed by atoms with Crippen molar-refractivity contribution < 1.29 is 18.0 Å². The molecule has 10 heteroatoms. The zero-order valence-electron chi connectivity index (χ0n) is 19.5. The van der Waals surface area contributed by atoms with Crippen LogP contribution in [0.2, 0.25) is 0 Å². The number of carbonyl (C=O) groups excluding carboxylic acids is 2. The normalized spacial score (nSPS) is 12.5. The van der Waals surface area contributed by atoms with Crippen LogP contribution < -0.4 is 10.6 Å². The second kappa shape index (κ2) is 12.1. The third-order valence-corrected chi connectivity index (χ3v) is 8.65. The van der Waals surface area contributed by atoms with Crippen LogP contribution in [-0.2, 0) is 25.3 Å². The van der Waals surface area contributed by atoms with Crippen LogP contribution >= 0.6 is 0 Å². The maximum atomic E-state index is 12.4. The van der Waals surface area contributed by atoms with Gasteiger partial charge in [0.1, 0.15) is 10.8 Å². The molecule has 0 saturated carbocycles. The van der Waals surface area contributed by atoms with Crippen LogP contribution in [0.1, 0.15) is 24.2 Å². The van der Waals surface area contributed by atoms with E-state index in [0.29, 0.717) is 5.69 Å². The standard InChI is InChI=1S/C23H32N4O4S2/c1-6-27(7-2)17-32(5)20-13-11-19(12-14-20)25-22(28)16-24-23(29)18-9-8-10-21(15-18)33(30,31)26(3)4/h8-15H,5-7,16-17H2,1-4H3,(H,24,29)(H,25,28)/p+1. The minimum Gasteiger partial charge on any atom is -0.343 e. The van der Waals surface area contributed by atoms with E-state index in [1.54, 1.807) is 0 Å². The van der Waals surface area contributed by atoms with Gasteiger partial charge in [-0.2, -0.15) is 0 Å². The molecule has 0 aliphatic heterocycles. The van der Waals surface area contributed by atoms with E-state index in [0.717, 1.165) is 28.2 Å². The molecular weight excluding hydrogens is 460 g/mol. The monoisotopic (exact) mass is 493 g/mol. The molecule has 2 rings (SSSR count). The molecule has 2 aromatic carbocycles. The maximum Gasteiger partial charge on any atom is 0.251 e. The van der Waals surface area contributed by atoms with Crippen LogP contribution in [0, 0.1) is 0 Å². The SMILES string of the molecule is C=[SH+](CN(CC)CC)c1ccc(NC(=O)CNC(=O)c2cccc(S(=O)(=O)N(C)C)c2)cc1. The molecule has 1 atom stereocenters. The summed E-state index contributed by atoms with van der Waals surface area (Å²) in [4.78, 5) is 28.2. The van der Waals surface area contributed by atoms with Crippen molar-refractivity contribution in [1.82, 2.24) is 14.5 Å². The summed E-state index contributed by atoms with van der Waals surface area (Å²) in [7, 11) is -1.37. The van der Waals surface area contributed by atoms with E-state index >= 15 is 0 Å². The number of benzene rings is 2. The van der Waals surface area contributed by atoms with Gasteiger partial charge in [0.15, 0.2) is 0 Å². The van der Waals surface area contributed by atoms with Crippen molar-refractivity contribution >= 4 is 43.9 Å². The van der Waals surface area contributed by atoms with Gasteiger partial charge in [0.2, 0.25) is 15.9 Å². The summed E-state index contributed by atoms with van der Waals surface area (Å²) < 4.78 is 25.6. The molecule has 2 amide bonds. The third kappa shape index (κ3) is 7.50. The van der Waals surface area contributed by atoms with Crippen LogP contribution in [0.4, 0.5) is 5.69 Å². The summed E-state index contributed by atoms with van der Waals surface area (Å²) in [5.74, 6) is 4.31. The highest BCUT2D eigenvalue weighted by molar-refractivity contribution is 7.94. The van der Waals surface area contributed by atoms with E-state index in [-0.39, 0.29) is 22.9 Å². The van der Waals surface area contributed by atoms with Crippen LogP contribution in [-0.4, -0.2) is 74.9 Å². The van der Waals surface area contributed by atoms with Gasteiger partial charge >= 0.3 is 0 Å². The van der Waals surface area contributed by atoms with E-state index in [4.69, 9.17) is 0 Å². The smallest absolute Gasteiger partial charge is 0.251 e. The van der Waals surface area contributed by atoms with E-state index < -0.39 is 26.4 Å². The Morgan fingerprint density at radius 1 is 1.03 bits per heavy atom. The first-order valence-corrected chi connectivity index (χ1v) is 13.7. The average Bonchev–Trinajstić information content (AvgIpc) is 2.81. The van der Waals surface area contributed by atoms with Crippen LogP contribution in [0.5, 0.6) is 0 Å². The maximum absolute atomic E-state index is 12.4. The lowest BCUT2D eigenvalue weighted by atomic mass is 10.2. The van der Waals surface area contributed by atoms with E-state index in [2.05, 4.69) is 35.3 Å². The number of rotatable bonds is 11. The molecule has 0 bridgehead atoms. The quantitative estimate of drug-likeness (QED) is 0.282.